The maximum absolute atomic E-state index is 12.5. The van der Waals surface area contributed by atoms with Gasteiger partial charge >= 0.3 is 0 Å². The molecule has 2 amide bonds. The lowest BCUT2D eigenvalue weighted by Gasteiger charge is -2.30. The zero-order valence-corrected chi connectivity index (χ0v) is 14.9. The van der Waals surface area contributed by atoms with E-state index in [0.717, 1.165) is 17.5 Å². The molecule has 0 unspecified atom stereocenters. The molecule has 0 atom stereocenters. The molecule has 0 aromatic heterocycles. The van der Waals surface area contributed by atoms with Gasteiger partial charge in [0, 0.05) is 26.2 Å². The molecule has 6 heteroatoms. The summed E-state index contributed by atoms with van der Waals surface area (Å²) >= 11 is 0. The molecule has 0 bridgehead atoms. The van der Waals surface area contributed by atoms with Crippen molar-refractivity contribution < 1.29 is 19.1 Å². The Morgan fingerprint density at radius 2 is 1.67 bits per heavy atom. The predicted octanol–water partition coefficient (Wildman–Crippen LogP) is 1.85. The lowest BCUT2D eigenvalue weighted by Crippen LogP contribution is -2.40. The Kier molecular flexibility index (Phi) is 6.06. The van der Waals surface area contributed by atoms with Crippen molar-refractivity contribution in [1.82, 2.24) is 9.80 Å². The van der Waals surface area contributed by atoms with Crippen LogP contribution in [0.25, 0.3) is 0 Å². The normalized spacial score (nSPS) is 13.2. The predicted molar refractivity (Wildman–Crippen MR) is 91.2 cm³/mol. The first-order chi connectivity index (χ1) is 11.5. The van der Waals surface area contributed by atoms with Gasteiger partial charge in [0.2, 0.25) is 11.8 Å². The van der Waals surface area contributed by atoms with Gasteiger partial charge in [-0.1, -0.05) is 0 Å². The molecule has 0 radical (unpaired) electrons. The Hall–Kier alpha value is -2.24. The minimum atomic E-state index is -0.118. The fraction of sp³-hybridized carbons (Fsp3) is 0.556. The third kappa shape index (κ3) is 3.80. The second-order valence-corrected chi connectivity index (χ2v) is 5.78. The van der Waals surface area contributed by atoms with Crippen LogP contribution in [0.15, 0.2) is 12.1 Å². The van der Waals surface area contributed by atoms with E-state index in [9.17, 15) is 9.59 Å². The van der Waals surface area contributed by atoms with Gasteiger partial charge in [0.1, 0.15) is 6.42 Å². The number of carbonyl (C=O) groups is 2. The highest BCUT2D eigenvalue weighted by molar-refractivity contribution is 5.97. The van der Waals surface area contributed by atoms with Crippen LogP contribution in [0.5, 0.6) is 11.5 Å². The summed E-state index contributed by atoms with van der Waals surface area (Å²) in [5.41, 5.74) is 2.20. The number of rotatable bonds is 6. The zero-order chi connectivity index (χ0) is 17.7. The maximum atomic E-state index is 12.5. The van der Waals surface area contributed by atoms with Crippen LogP contribution in [0, 0.1) is 0 Å². The quantitative estimate of drug-likeness (QED) is 0.745. The van der Waals surface area contributed by atoms with Crippen molar-refractivity contribution in [3.63, 3.8) is 0 Å². The van der Waals surface area contributed by atoms with Crippen molar-refractivity contribution in [2.45, 2.75) is 33.2 Å². The highest BCUT2D eigenvalue weighted by Crippen LogP contribution is 2.33. The Bertz CT molecular complexity index is 611. The number of amides is 2. The Morgan fingerprint density at radius 3 is 2.21 bits per heavy atom. The minimum Gasteiger partial charge on any atom is -0.493 e. The van der Waals surface area contributed by atoms with Crippen LogP contribution in [0.3, 0.4) is 0 Å². The average molecular weight is 334 g/mol. The number of hydrogen-bond donors (Lipinski definition) is 0. The first-order valence-electron chi connectivity index (χ1n) is 8.33. The summed E-state index contributed by atoms with van der Waals surface area (Å²) in [6, 6.07) is 3.89. The molecule has 6 nitrogen and oxygen atoms in total. The van der Waals surface area contributed by atoms with Crippen molar-refractivity contribution in [3.8, 4) is 11.5 Å². The third-order valence-electron chi connectivity index (χ3n) is 4.49. The summed E-state index contributed by atoms with van der Waals surface area (Å²) in [5, 5.41) is 0. The number of nitrogens with zero attached hydrogens (tertiary/aromatic N) is 2. The topological polar surface area (TPSA) is 59.1 Å². The lowest BCUT2D eigenvalue weighted by atomic mass is 9.98. The van der Waals surface area contributed by atoms with E-state index in [2.05, 4.69) is 0 Å². The smallest absolute Gasteiger partial charge is 0.232 e. The van der Waals surface area contributed by atoms with E-state index in [4.69, 9.17) is 9.47 Å². The molecule has 1 aliphatic heterocycles. The van der Waals surface area contributed by atoms with E-state index in [1.807, 2.05) is 26.0 Å². The third-order valence-corrected chi connectivity index (χ3v) is 4.49. The van der Waals surface area contributed by atoms with Gasteiger partial charge < -0.3 is 19.3 Å². The van der Waals surface area contributed by atoms with Crippen molar-refractivity contribution in [1.29, 1.82) is 0 Å². The highest BCUT2D eigenvalue weighted by Gasteiger charge is 2.25. The summed E-state index contributed by atoms with van der Waals surface area (Å²) in [5.74, 6) is 1.13. The molecule has 0 saturated heterocycles. The molecule has 132 valence electrons. The number of methoxy groups -OCH3 is 2. The van der Waals surface area contributed by atoms with Crippen LogP contribution in [-0.2, 0) is 22.6 Å². The van der Waals surface area contributed by atoms with Gasteiger partial charge in [-0.15, -0.1) is 0 Å². The minimum absolute atomic E-state index is 0.0652. The molecule has 0 fully saturated rings. The Morgan fingerprint density at radius 1 is 1.08 bits per heavy atom. The number of fused-ring (bicyclic) bond motifs is 1. The van der Waals surface area contributed by atoms with Gasteiger partial charge in [0.15, 0.2) is 11.5 Å². The van der Waals surface area contributed by atoms with E-state index < -0.39 is 0 Å². The SMILES string of the molecule is CCN(CC)C(=O)CC(=O)N1CCc2cc(OC)c(OC)cc2C1. The lowest BCUT2D eigenvalue weighted by molar-refractivity contribution is -0.141. The van der Waals surface area contributed by atoms with E-state index >= 15 is 0 Å². The van der Waals surface area contributed by atoms with Crippen molar-refractivity contribution in [3.05, 3.63) is 23.3 Å². The van der Waals surface area contributed by atoms with Gasteiger partial charge in [0.25, 0.3) is 0 Å². The molecule has 0 saturated carbocycles. The number of benzene rings is 1. The number of ether oxygens (including phenoxy) is 2. The van der Waals surface area contributed by atoms with Crippen molar-refractivity contribution in [2.24, 2.45) is 0 Å². The number of hydrogen-bond acceptors (Lipinski definition) is 4. The molecule has 0 aliphatic carbocycles. The molecule has 2 rings (SSSR count). The first-order valence-corrected chi connectivity index (χ1v) is 8.33. The second kappa shape index (κ2) is 8.04. The molecular weight excluding hydrogens is 308 g/mol. The fourth-order valence-electron chi connectivity index (χ4n) is 3.03. The largest absolute Gasteiger partial charge is 0.493 e. The molecule has 1 aromatic rings. The van der Waals surface area contributed by atoms with Gasteiger partial charge in [-0.25, -0.2) is 0 Å². The Labute approximate surface area is 143 Å². The van der Waals surface area contributed by atoms with Crippen molar-refractivity contribution in [2.75, 3.05) is 33.9 Å². The van der Waals surface area contributed by atoms with Gasteiger partial charge in [-0.2, -0.15) is 0 Å². The van der Waals surface area contributed by atoms with Crippen LogP contribution < -0.4 is 9.47 Å². The standard InChI is InChI=1S/C18H26N2O4/c1-5-19(6-2)17(21)11-18(22)20-8-7-13-9-15(23-3)16(24-4)10-14(13)12-20/h9-10H,5-8,11-12H2,1-4H3. The van der Waals surface area contributed by atoms with E-state index in [0.29, 0.717) is 37.7 Å². The summed E-state index contributed by atoms with van der Waals surface area (Å²) in [6.45, 7) is 6.21. The number of carbonyl (C=O) groups excluding carboxylic acids is 2. The fourth-order valence-corrected chi connectivity index (χ4v) is 3.03. The van der Waals surface area contributed by atoms with E-state index in [-0.39, 0.29) is 18.2 Å². The van der Waals surface area contributed by atoms with E-state index in [1.54, 1.807) is 24.0 Å². The van der Waals surface area contributed by atoms with Crippen LogP contribution in [-0.4, -0.2) is 55.5 Å². The average Bonchev–Trinajstić information content (AvgIpc) is 2.60. The highest BCUT2D eigenvalue weighted by atomic mass is 16.5. The van der Waals surface area contributed by atoms with Gasteiger partial charge in [-0.3, -0.25) is 9.59 Å². The monoisotopic (exact) mass is 334 g/mol. The maximum Gasteiger partial charge on any atom is 0.232 e. The van der Waals surface area contributed by atoms with Gasteiger partial charge in [-0.05, 0) is 43.5 Å². The van der Waals surface area contributed by atoms with Crippen molar-refractivity contribution >= 4 is 11.8 Å². The molecule has 1 aliphatic rings. The van der Waals surface area contributed by atoms with Crippen LogP contribution in [0.4, 0.5) is 0 Å². The summed E-state index contributed by atoms with van der Waals surface area (Å²) in [7, 11) is 3.21. The molecule has 0 N–H and O–H groups in total. The molecule has 1 heterocycles. The van der Waals surface area contributed by atoms with Crippen LogP contribution >= 0.6 is 0 Å². The first kappa shape index (κ1) is 18.1. The second-order valence-electron chi connectivity index (χ2n) is 5.78. The zero-order valence-electron chi connectivity index (χ0n) is 14.9. The van der Waals surface area contributed by atoms with Crippen LogP contribution in [0.2, 0.25) is 0 Å². The summed E-state index contributed by atoms with van der Waals surface area (Å²) < 4.78 is 10.7. The summed E-state index contributed by atoms with van der Waals surface area (Å²) in [4.78, 5) is 28.0. The molecule has 0 spiro atoms. The molecule has 1 aromatic carbocycles. The summed E-state index contributed by atoms with van der Waals surface area (Å²) in [6.07, 6.45) is 0.686. The Balaban J connectivity index is 2.09. The van der Waals surface area contributed by atoms with E-state index in [1.165, 1.54) is 0 Å². The van der Waals surface area contributed by atoms with Crippen LogP contribution in [0.1, 0.15) is 31.4 Å². The molecular formula is C18H26N2O4. The molecule has 24 heavy (non-hydrogen) atoms. The van der Waals surface area contributed by atoms with Gasteiger partial charge in [0.05, 0.1) is 14.2 Å².